The van der Waals surface area contributed by atoms with Gasteiger partial charge in [0.15, 0.2) is 11.5 Å². The first-order valence-corrected chi connectivity index (χ1v) is 5.85. The second kappa shape index (κ2) is 4.97. The highest BCUT2D eigenvalue weighted by atomic mass is 16.6. The van der Waals surface area contributed by atoms with Gasteiger partial charge in [-0.05, 0) is 17.7 Å². The Morgan fingerprint density at radius 2 is 2.16 bits per heavy atom. The number of nitrogens with zero attached hydrogens (tertiary/aromatic N) is 2. The number of aromatic nitrogens is 3. The number of carbonyl (C=O) groups is 1. The quantitative estimate of drug-likeness (QED) is 0.839. The molecule has 0 spiro atoms. The summed E-state index contributed by atoms with van der Waals surface area (Å²) in [5.41, 5.74) is 0.928. The predicted molar refractivity (Wildman–Crippen MR) is 65.0 cm³/mol. The number of carbonyl (C=O) groups excluding carboxylic acids is 1. The van der Waals surface area contributed by atoms with E-state index in [0.29, 0.717) is 25.5 Å². The Labute approximate surface area is 108 Å². The van der Waals surface area contributed by atoms with Crippen LogP contribution in [0.25, 0.3) is 0 Å². The molecule has 0 fully saturated rings. The van der Waals surface area contributed by atoms with E-state index >= 15 is 0 Å². The second-order valence-corrected chi connectivity index (χ2v) is 3.99. The van der Waals surface area contributed by atoms with Gasteiger partial charge in [0.05, 0.1) is 0 Å². The summed E-state index contributed by atoms with van der Waals surface area (Å²) >= 11 is 0. The van der Waals surface area contributed by atoms with Gasteiger partial charge in [-0.15, -0.1) is 0 Å². The zero-order chi connectivity index (χ0) is 13.1. The zero-order valence-corrected chi connectivity index (χ0v) is 10.0. The van der Waals surface area contributed by atoms with Crippen molar-refractivity contribution in [3.05, 3.63) is 35.9 Å². The van der Waals surface area contributed by atoms with Gasteiger partial charge in [0, 0.05) is 6.54 Å². The van der Waals surface area contributed by atoms with Crippen molar-refractivity contribution >= 4 is 5.91 Å². The number of hydrogen-bond donors (Lipinski definition) is 2. The Morgan fingerprint density at radius 3 is 2.95 bits per heavy atom. The van der Waals surface area contributed by atoms with Gasteiger partial charge < -0.3 is 14.8 Å². The third kappa shape index (κ3) is 2.49. The minimum absolute atomic E-state index is 0.192. The summed E-state index contributed by atoms with van der Waals surface area (Å²) in [6, 6.07) is 5.58. The van der Waals surface area contributed by atoms with Gasteiger partial charge in [0.1, 0.15) is 19.5 Å². The minimum Gasteiger partial charge on any atom is -0.486 e. The lowest BCUT2D eigenvalue weighted by atomic mass is 10.2. The van der Waals surface area contributed by atoms with Crippen LogP contribution in [-0.4, -0.2) is 34.3 Å². The van der Waals surface area contributed by atoms with E-state index in [4.69, 9.17) is 9.47 Å². The number of ether oxygens (including phenoxy) is 2. The van der Waals surface area contributed by atoms with Crippen molar-refractivity contribution in [1.29, 1.82) is 0 Å². The van der Waals surface area contributed by atoms with Crippen molar-refractivity contribution in [2.24, 2.45) is 0 Å². The van der Waals surface area contributed by atoms with Crippen LogP contribution in [0.3, 0.4) is 0 Å². The molecule has 1 aliphatic heterocycles. The highest BCUT2D eigenvalue weighted by Crippen LogP contribution is 2.30. The van der Waals surface area contributed by atoms with E-state index in [2.05, 4.69) is 20.5 Å². The summed E-state index contributed by atoms with van der Waals surface area (Å²) in [6.07, 6.45) is 1.29. The van der Waals surface area contributed by atoms with E-state index in [1.807, 2.05) is 18.2 Å². The van der Waals surface area contributed by atoms with Crippen LogP contribution < -0.4 is 14.8 Å². The first-order valence-electron chi connectivity index (χ1n) is 5.85. The molecular formula is C12H12N4O3. The molecule has 3 rings (SSSR count). The Kier molecular flexibility index (Phi) is 3.01. The molecule has 2 heterocycles. The second-order valence-electron chi connectivity index (χ2n) is 3.99. The van der Waals surface area contributed by atoms with Crippen LogP contribution in [0.5, 0.6) is 11.5 Å². The number of fused-ring (bicyclic) bond motifs is 1. The van der Waals surface area contributed by atoms with E-state index in [-0.39, 0.29) is 11.7 Å². The topological polar surface area (TPSA) is 89.1 Å². The molecule has 0 saturated heterocycles. The highest BCUT2D eigenvalue weighted by Gasteiger charge is 2.12. The molecule has 2 aromatic rings. The third-order valence-electron chi connectivity index (χ3n) is 2.69. The maximum Gasteiger partial charge on any atom is 0.288 e. The lowest BCUT2D eigenvalue weighted by Gasteiger charge is -2.18. The fourth-order valence-corrected chi connectivity index (χ4v) is 1.78. The molecule has 0 radical (unpaired) electrons. The number of amides is 1. The summed E-state index contributed by atoms with van der Waals surface area (Å²) in [7, 11) is 0. The van der Waals surface area contributed by atoms with Crippen LogP contribution in [0.15, 0.2) is 24.5 Å². The fraction of sp³-hybridized carbons (Fsp3) is 0.250. The molecule has 1 aromatic carbocycles. The Morgan fingerprint density at radius 1 is 1.32 bits per heavy atom. The number of aromatic amines is 1. The summed E-state index contributed by atoms with van der Waals surface area (Å²) in [4.78, 5) is 15.4. The molecule has 0 bridgehead atoms. The van der Waals surface area contributed by atoms with Crippen molar-refractivity contribution < 1.29 is 14.3 Å². The van der Waals surface area contributed by atoms with E-state index in [1.165, 1.54) is 6.33 Å². The molecule has 0 unspecified atom stereocenters. The Hall–Kier alpha value is -2.57. The maximum absolute atomic E-state index is 11.7. The average molecular weight is 260 g/mol. The molecule has 7 heteroatoms. The van der Waals surface area contributed by atoms with Crippen molar-refractivity contribution in [3.8, 4) is 11.5 Å². The first kappa shape index (κ1) is 11.5. The van der Waals surface area contributed by atoms with Gasteiger partial charge in [0.2, 0.25) is 5.82 Å². The Bertz CT molecular complexity index is 583. The van der Waals surface area contributed by atoms with Gasteiger partial charge in [-0.3, -0.25) is 9.89 Å². The summed E-state index contributed by atoms with van der Waals surface area (Å²) in [5, 5.41) is 8.87. The molecule has 2 N–H and O–H groups in total. The van der Waals surface area contributed by atoms with E-state index in [1.54, 1.807) is 0 Å². The Balaban J connectivity index is 1.65. The molecule has 7 nitrogen and oxygen atoms in total. The number of nitrogens with one attached hydrogen (secondary N) is 2. The number of rotatable bonds is 3. The first-order chi connectivity index (χ1) is 9.33. The lowest BCUT2D eigenvalue weighted by Crippen LogP contribution is -2.24. The van der Waals surface area contributed by atoms with Gasteiger partial charge in [-0.1, -0.05) is 6.07 Å². The third-order valence-corrected chi connectivity index (χ3v) is 2.69. The number of H-pyrrole nitrogens is 1. The minimum atomic E-state index is -0.299. The lowest BCUT2D eigenvalue weighted by molar-refractivity contribution is 0.0941. The van der Waals surface area contributed by atoms with Crippen molar-refractivity contribution in [2.75, 3.05) is 13.2 Å². The van der Waals surface area contributed by atoms with Crippen LogP contribution in [0.4, 0.5) is 0 Å². The average Bonchev–Trinajstić information content (AvgIpc) is 2.99. The van der Waals surface area contributed by atoms with Crippen LogP contribution in [0, 0.1) is 0 Å². The van der Waals surface area contributed by atoms with Crippen LogP contribution in [-0.2, 0) is 6.54 Å². The fourth-order valence-electron chi connectivity index (χ4n) is 1.78. The van der Waals surface area contributed by atoms with Gasteiger partial charge in [-0.2, -0.15) is 5.10 Å². The van der Waals surface area contributed by atoms with Gasteiger partial charge in [0.25, 0.3) is 5.91 Å². The van der Waals surface area contributed by atoms with Gasteiger partial charge >= 0.3 is 0 Å². The number of hydrogen-bond acceptors (Lipinski definition) is 5. The largest absolute Gasteiger partial charge is 0.486 e. The van der Waals surface area contributed by atoms with Crippen LogP contribution in [0.1, 0.15) is 16.2 Å². The molecule has 1 amide bonds. The van der Waals surface area contributed by atoms with Gasteiger partial charge in [-0.25, -0.2) is 4.98 Å². The van der Waals surface area contributed by atoms with Crippen LogP contribution in [0.2, 0.25) is 0 Å². The summed E-state index contributed by atoms with van der Waals surface area (Å²) < 4.78 is 10.9. The normalized spacial score (nSPS) is 13.1. The summed E-state index contributed by atoms with van der Waals surface area (Å²) in [6.45, 7) is 1.49. The smallest absolute Gasteiger partial charge is 0.288 e. The van der Waals surface area contributed by atoms with E-state index < -0.39 is 0 Å². The monoisotopic (exact) mass is 260 g/mol. The maximum atomic E-state index is 11.7. The zero-order valence-electron chi connectivity index (χ0n) is 10.0. The standard InChI is InChI=1S/C12H12N4O3/c17-12(11-14-7-15-16-11)13-6-8-1-2-9-10(5-8)19-4-3-18-9/h1-2,5,7H,3-4,6H2,(H,13,17)(H,14,15,16). The molecule has 98 valence electrons. The van der Waals surface area contributed by atoms with Crippen molar-refractivity contribution in [2.45, 2.75) is 6.54 Å². The molecule has 0 aliphatic carbocycles. The number of benzene rings is 1. The molecule has 1 aliphatic rings. The molecular weight excluding hydrogens is 248 g/mol. The summed E-state index contributed by atoms with van der Waals surface area (Å²) in [5.74, 6) is 1.33. The predicted octanol–water partition coefficient (Wildman–Crippen LogP) is 0.506. The molecule has 0 atom stereocenters. The molecule has 19 heavy (non-hydrogen) atoms. The SMILES string of the molecule is O=C(NCc1ccc2c(c1)OCCO2)c1ncn[nH]1. The highest BCUT2D eigenvalue weighted by molar-refractivity contribution is 5.90. The molecule has 1 aromatic heterocycles. The van der Waals surface area contributed by atoms with Crippen molar-refractivity contribution in [1.82, 2.24) is 20.5 Å². The van der Waals surface area contributed by atoms with Crippen molar-refractivity contribution in [3.63, 3.8) is 0 Å². The van der Waals surface area contributed by atoms with Crippen LogP contribution >= 0.6 is 0 Å². The molecule has 0 saturated carbocycles. The van der Waals surface area contributed by atoms with E-state index in [0.717, 1.165) is 11.3 Å². The van der Waals surface area contributed by atoms with E-state index in [9.17, 15) is 4.79 Å².